The van der Waals surface area contributed by atoms with Gasteiger partial charge < -0.3 is 4.90 Å². The standard InChI is InChI=1S/C20H18FN5O/c21-16-5-1-3-14(11-16)18-19(25-9-8-24-18)15-4-2-10-26(13-15)20(27)17-12-22-6-7-23-17/h1,3,5-9,11-12,15H,2,4,10,13H2/t15-/m0/s1. The minimum atomic E-state index is -0.313. The van der Waals surface area contributed by atoms with Crippen molar-refractivity contribution in [2.24, 2.45) is 0 Å². The van der Waals surface area contributed by atoms with E-state index in [0.717, 1.165) is 18.5 Å². The van der Waals surface area contributed by atoms with E-state index in [1.165, 1.54) is 24.5 Å². The van der Waals surface area contributed by atoms with E-state index in [1.54, 1.807) is 29.6 Å². The van der Waals surface area contributed by atoms with Crippen LogP contribution in [0.3, 0.4) is 0 Å². The molecule has 0 saturated carbocycles. The number of nitrogens with zero attached hydrogens (tertiary/aromatic N) is 5. The highest BCUT2D eigenvalue weighted by Gasteiger charge is 2.29. The van der Waals surface area contributed by atoms with Crippen LogP contribution in [0.1, 0.15) is 34.9 Å². The van der Waals surface area contributed by atoms with Gasteiger partial charge in [0.15, 0.2) is 0 Å². The van der Waals surface area contributed by atoms with E-state index < -0.39 is 0 Å². The molecule has 1 aliphatic rings. The summed E-state index contributed by atoms with van der Waals surface area (Å²) in [5, 5.41) is 0. The molecule has 0 spiro atoms. The lowest BCUT2D eigenvalue weighted by Crippen LogP contribution is -2.39. The Kier molecular flexibility index (Phi) is 4.82. The molecule has 6 nitrogen and oxygen atoms in total. The van der Waals surface area contributed by atoms with Crippen LogP contribution in [0.2, 0.25) is 0 Å². The number of hydrogen-bond acceptors (Lipinski definition) is 5. The van der Waals surface area contributed by atoms with Gasteiger partial charge >= 0.3 is 0 Å². The molecule has 0 aliphatic carbocycles. The molecular formula is C20H18FN5O. The fraction of sp³-hybridized carbons (Fsp3) is 0.250. The lowest BCUT2D eigenvalue weighted by atomic mass is 9.91. The molecule has 1 saturated heterocycles. The van der Waals surface area contributed by atoms with Gasteiger partial charge in [-0.05, 0) is 25.0 Å². The molecule has 2 aromatic heterocycles. The van der Waals surface area contributed by atoms with Gasteiger partial charge in [0.05, 0.1) is 17.6 Å². The summed E-state index contributed by atoms with van der Waals surface area (Å²) >= 11 is 0. The number of likely N-dealkylation sites (tertiary alicyclic amines) is 1. The summed E-state index contributed by atoms with van der Waals surface area (Å²) in [6.45, 7) is 1.19. The summed E-state index contributed by atoms with van der Waals surface area (Å²) in [4.78, 5) is 31.5. The van der Waals surface area contributed by atoms with E-state index in [0.29, 0.717) is 30.0 Å². The molecule has 3 heterocycles. The number of hydrogen-bond donors (Lipinski definition) is 0. The molecule has 0 N–H and O–H groups in total. The smallest absolute Gasteiger partial charge is 0.274 e. The minimum absolute atomic E-state index is 0.0336. The molecule has 1 atom stereocenters. The van der Waals surface area contributed by atoms with Crippen molar-refractivity contribution in [3.63, 3.8) is 0 Å². The van der Waals surface area contributed by atoms with Crippen LogP contribution in [0.4, 0.5) is 4.39 Å². The van der Waals surface area contributed by atoms with Gasteiger partial charge in [-0.3, -0.25) is 19.7 Å². The Morgan fingerprint density at radius 2 is 1.96 bits per heavy atom. The number of aromatic nitrogens is 4. The number of carbonyl (C=O) groups excluding carboxylic acids is 1. The molecule has 1 amide bonds. The predicted molar refractivity (Wildman–Crippen MR) is 97.3 cm³/mol. The Morgan fingerprint density at radius 1 is 1.11 bits per heavy atom. The Labute approximate surface area is 156 Å². The van der Waals surface area contributed by atoms with Gasteiger partial charge in [0.2, 0.25) is 0 Å². The summed E-state index contributed by atoms with van der Waals surface area (Å²) < 4.78 is 13.7. The van der Waals surface area contributed by atoms with Crippen LogP contribution in [0.5, 0.6) is 0 Å². The second-order valence-corrected chi connectivity index (χ2v) is 6.48. The van der Waals surface area contributed by atoms with Gasteiger partial charge in [0, 0.05) is 49.4 Å². The van der Waals surface area contributed by atoms with Crippen LogP contribution in [0.15, 0.2) is 55.2 Å². The predicted octanol–water partition coefficient (Wildman–Crippen LogP) is 3.09. The molecule has 0 radical (unpaired) electrons. The lowest BCUT2D eigenvalue weighted by Gasteiger charge is -2.32. The van der Waals surface area contributed by atoms with Gasteiger partial charge in [-0.25, -0.2) is 9.37 Å². The van der Waals surface area contributed by atoms with Crippen molar-refractivity contribution in [3.05, 3.63) is 72.5 Å². The quantitative estimate of drug-likeness (QED) is 0.715. The molecular weight excluding hydrogens is 345 g/mol. The van der Waals surface area contributed by atoms with Gasteiger partial charge in [0.25, 0.3) is 5.91 Å². The van der Waals surface area contributed by atoms with Gasteiger partial charge in [0.1, 0.15) is 11.5 Å². The highest BCUT2D eigenvalue weighted by molar-refractivity contribution is 5.92. The fourth-order valence-corrected chi connectivity index (χ4v) is 3.46. The maximum atomic E-state index is 13.7. The van der Waals surface area contributed by atoms with E-state index in [9.17, 15) is 9.18 Å². The highest BCUT2D eigenvalue weighted by Crippen LogP contribution is 2.32. The number of piperidine rings is 1. The molecule has 136 valence electrons. The van der Waals surface area contributed by atoms with Gasteiger partial charge in [-0.1, -0.05) is 12.1 Å². The first kappa shape index (κ1) is 17.2. The molecule has 1 fully saturated rings. The van der Waals surface area contributed by atoms with Crippen LogP contribution >= 0.6 is 0 Å². The summed E-state index contributed by atoms with van der Waals surface area (Å²) in [5.41, 5.74) is 2.48. The van der Waals surface area contributed by atoms with E-state index >= 15 is 0 Å². The second kappa shape index (κ2) is 7.57. The number of rotatable bonds is 3. The zero-order valence-electron chi connectivity index (χ0n) is 14.6. The molecule has 7 heteroatoms. The molecule has 1 aliphatic heterocycles. The zero-order valence-corrected chi connectivity index (χ0v) is 14.6. The van der Waals surface area contributed by atoms with E-state index in [1.807, 2.05) is 6.07 Å². The number of halogens is 1. The summed E-state index contributed by atoms with van der Waals surface area (Å²) in [5.74, 6) is -0.414. The SMILES string of the molecule is O=C(c1cnccn1)N1CCC[C@H](c2nccnc2-c2cccc(F)c2)C1. The maximum absolute atomic E-state index is 13.7. The molecule has 3 aromatic rings. The second-order valence-electron chi connectivity index (χ2n) is 6.48. The lowest BCUT2D eigenvalue weighted by molar-refractivity contribution is 0.0699. The topological polar surface area (TPSA) is 71.9 Å². The average molecular weight is 363 g/mol. The van der Waals surface area contributed by atoms with Crippen LogP contribution in [-0.2, 0) is 0 Å². The number of benzene rings is 1. The Hall–Kier alpha value is -3.22. The number of amides is 1. The van der Waals surface area contributed by atoms with Crippen LogP contribution in [0, 0.1) is 5.82 Å². The van der Waals surface area contributed by atoms with E-state index in [2.05, 4.69) is 19.9 Å². The zero-order chi connectivity index (χ0) is 18.6. The Bertz CT molecular complexity index is 950. The monoisotopic (exact) mass is 363 g/mol. The van der Waals surface area contributed by atoms with Crippen LogP contribution < -0.4 is 0 Å². The Balaban J connectivity index is 1.62. The van der Waals surface area contributed by atoms with Crippen molar-refractivity contribution in [3.8, 4) is 11.3 Å². The van der Waals surface area contributed by atoms with Crippen LogP contribution in [-0.4, -0.2) is 43.8 Å². The molecule has 1 aromatic carbocycles. The first-order valence-electron chi connectivity index (χ1n) is 8.84. The summed E-state index contributed by atoms with van der Waals surface area (Å²) in [6, 6.07) is 6.34. The third kappa shape index (κ3) is 3.67. The van der Waals surface area contributed by atoms with E-state index in [4.69, 9.17) is 0 Å². The average Bonchev–Trinajstić information content (AvgIpc) is 2.74. The molecule has 27 heavy (non-hydrogen) atoms. The number of carbonyl (C=O) groups is 1. The summed E-state index contributed by atoms with van der Waals surface area (Å²) in [7, 11) is 0. The van der Waals surface area contributed by atoms with Crippen LogP contribution in [0.25, 0.3) is 11.3 Å². The van der Waals surface area contributed by atoms with Crippen molar-refractivity contribution in [2.45, 2.75) is 18.8 Å². The van der Waals surface area contributed by atoms with Crippen molar-refractivity contribution < 1.29 is 9.18 Å². The Morgan fingerprint density at radius 3 is 2.78 bits per heavy atom. The molecule has 0 bridgehead atoms. The highest BCUT2D eigenvalue weighted by atomic mass is 19.1. The van der Waals surface area contributed by atoms with Gasteiger partial charge in [-0.2, -0.15) is 0 Å². The van der Waals surface area contributed by atoms with Crippen molar-refractivity contribution in [1.82, 2.24) is 24.8 Å². The minimum Gasteiger partial charge on any atom is -0.337 e. The maximum Gasteiger partial charge on any atom is 0.274 e. The largest absolute Gasteiger partial charge is 0.337 e. The third-order valence-electron chi connectivity index (χ3n) is 4.70. The van der Waals surface area contributed by atoms with Crippen molar-refractivity contribution >= 4 is 5.91 Å². The third-order valence-corrected chi connectivity index (χ3v) is 4.70. The summed E-state index contributed by atoms with van der Waals surface area (Å²) in [6.07, 6.45) is 9.53. The molecule has 4 rings (SSSR count). The van der Waals surface area contributed by atoms with Crippen molar-refractivity contribution in [2.75, 3.05) is 13.1 Å². The first-order chi connectivity index (χ1) is 13.2. The molecule has 0 unspecified atom stereocenters. The van der Waals surface area contributed by atoms with E-state index in [-0.39, 0.29) is 17.6 Å². The fourth-order valence-electron chi connectivity index (χ4n) is 3.46. The van der Waals surface area contributed by atoms with Crippen molar-refractivity contribution in [1.29, 1.82) is 0 Å². The normalized spacial score (nSPS) is 16.9. The first-order valence-corrected chi connectivity index (χ1v) is 8.84. The van der Waals surface area contributed by atoms with Gasteiger partial charge in [-0.15, -0.1) is 0 Å².